The zero-order valence-corrected chi connectivity index (χ0v) is 12.6. The molecule has 23 heavy (non-hydrogen) atoms. The van der Waals surface area contributed by atoms with E-state index in [1.807, 2.05) is 0 Å². The predicted octanol–water partition coefficient (Wildman–Crippen LogP) is 2.77. The van der Waals surface area contributed by atoms with Gasteiger partial charge >= 0.3 is 6.18 Å². The van der Waals surface area contributed by atoms with E-state index in [4.69, 9.17) is 19.9 Å². The highest BCUT2D eigenvalue weighted by Crippen LogP contribution is 2.43. The number of nitrogens with zero attached hydrogens (tertiary/aromatic N) is 2. The monoisotopic (exact) mass is 329 g/mol. The van der Waals surface area contributed by atoms with Gasteiger partial charge in [0.05, 0.1) is 21.3 Å². The molecule has 0 bridgehead atoms. The van der Waals surface area contributed by atoms with Gasteiger partial charge in [-0.2, -0.15) is 13.2 Å². The average molecular weight is 329 g/mol. The Hall–Kier alpha value is -2.71. The van der Waals surface area contributed by atoms with Gasteiger partial charge < -0.3 is 19.9 Å². The summed E-state index contributed by atoms with van der Waals surface area (Å²) in [6.45, 7) is 0. The van der Waals surface area contributed by atoms with Crippen molar-refractivity contribution in [2.24, 2.45) is 0 Å². The van der Waals surface area contributed by atoms with Crippen LogP contribution in [0.2, 0.25) is 0 Å². The van der Waals surface area contributed by atoms with Gasteiger partial charge in [-0.1, -0.05) is 0 Å². The van der Waals surface area contributed by atoms with E-state index in [0.717, 1.165) is 6.20 Å². The number of rotatable bonds is 4. The van der Waals surface area contributed by atoms with Crippen LogP contribution in [0.3, 0.4) is 0 Å². The molecule has 0 aliphatic rings. The number of nitrogen functional groups attached to an aromatic ring is 1. The Bertz CT molecular complexity index is 695. The van der Waals surface area contributed by atoms with E-state index in [0.29, 0.717) is 0 Å². The number of hydrogen-bond donors (Lipinski definition) is 1. The Kier molecular flexibility index (Phi) is 4.48. The van der Waals surface area contributed by atoms with E-state index in [-0.39, 0.29) is 28.4 Å². The Morgan fingerprint density at radius 1 is 1.00 bits per heavy atom. The topological polar surface area (TPSA) is 79.5 Å². The Morgan fingerprint density at radius 3 is 2.00 bits per heavy atom. The number of halogens is 3. The number of nitrogens with two attached hydrogens (primary N) is 1. The number of anilines is 1. The van der Waals surface area contributed by atoms with E-state index in [2.05, 4.69) is 9.97 Å². The molecule has 0 unspecified atom stereocenters. The molecule has 0 spiro atoms. The fourth-order valence-corrected chi connectivity index (χ4v) is 2.06. The van der Waals surface area contributed by atoms with Crippen molar-refractivity contribution >= 4 is 5.95 Å². The van der Waals surface area contributed by atoms with Crippen LogP contribution in [0.15, 0.2) is 18.3 Å². The number of aromatic nitrogens is 2. The normalized spacial score (nSPS) is 11.2. The summed E-state index contributed by atoms with van der Waals surface area (Å²) in [5, 5.41) is 0. The summed E-state index contributed by atoms with van der Waals surface area (Å²) in [6, 6.07) is 2.76. The number of methoxy groups -OCH3 is 3. The van der Waals surface area contributed by atoms with Crippen molar-refractivity contribution in [2.75, 3.05) is 27.1 Å². The van der Waals surface area contributed by atoms with Crippen LogP contribution >= 0.6 is 0 Å². The van der Waals surface area contributed by atoms with Gasteiger partial charge in [-0.05, 0) is 17.7 Å². The molecule has 0 aliphatic carbocycles. The van der Waals surface area contributed by atoms with Gasteiger partial charge in [0.15, 0.2) is 17.2 Å². The molecule has 124 valence electrons. The second-order valence-electron chi connectivity index (χ2n) is 4.40. The van der Waals surface area contributed by atoms with Crippen molar-refractivity contribution in [3.63, 3.8) is 0 Å². The van der Waals surface area contributed by atoms with Crippen LogP contribution in [-0.4, -0.2) is 31.3 Å². The third-order valence-electron chi connectivity index (χ3n) is 3.05. The molecular weight excluding hydrogens is 315 g/mol. The van der Waals surface area contributed by atoms with Crippen molar-refractivity contribution < 1.29 is 27.4 Å². The molecule has 9 heteroatoms. The lowest BCUT2D eigenvalue weighted by atomic mass is 10.0. The largest absolute Gasteiger partial charge is 0.493 e. The fourth-order valence-electron chi connectivity index (χ4n) is 2.06. The molecule has 0 saturated carbocycles. The maximum absolute atomic E-state index is 13.2. The van der Waals surface area contributed by atoms with E-state index < -0.39 is 17.8 Å². The lowest BCUT2D eigenvalue weighted by Crippen LogP contribution is -2.12. The van der Waals surface area contributed by atoms with Gasteiger partial charge in [0, 0.05) is 11.8 Å². The third-order valence-corrected chi connectivity index (χ3v) is 3.05. The summed E-state index contributed by atoms with van der Waals surface area (Å²) >= 11 is 0. The zero-order chi connectivity index (χ0) is 17.2. The first-order chi connectivity index (χ1) is 10.8. The third kappa shape index (κ3) is 3.22. The van der Waals surface area contributed by atoms with E-state index in [9.17, 15) is 13.2 Å². The Morgan fingerprint density at radius 2 is 1.57 bits per heavy atom. The summed E-state index contributed by atoms with van der Waals surface area (Å²) < 4.78 is 55.0. The van der Waals surface area contributed by atoms with Gasteiger partial charge in [-0.3, -0.25) is 0 Å². The molecule has 2 rings (SSSR count). The summed E-state index contributed by atoms with van der Waals surface area (Å²) in [5.41, 5.74) is 4.04. The summed E-state index contributed by atoms with van der Waals surface area (Å²) in [4.78, 5) is 6.94. The van der Waals surface area contributed by atoms with Crippen molar-refractivity contribution in [3.8, 4) is 28.4 Å². The van der Waals surface area contributed by atoms with Crippen molar-refractivity contribution in [3.05, 3.63) is 24.0 Å². The number of benzene rings is 1. The van der Waals surface area contributed by atoms with Crippen LogP contribution in [-0.2, 0) is 6.18 Å². The van der Waals surface area contributed by atoms with E-state index in [1.54, 1.807) is 0 Å². The average Bonchev–Trinajstić information content (AvgIpc) is 2.52. The van der Waals surface area contributed by atoms with Crippen LogP contribution in [0, 0.1) is 0 Å². The molecule has 0 fully saturated rings. The molecule has 0 saturated heterocycles. The lowest BCUT2D eigenvalue weighted by molar-refractivity contribution is -0.140. The van der Waals surface area contributed by atoms with Crippen LogP contribution in [0.4, 0.5) is 19.1 Å². The van der Waals surface area contributed by atoms with Gasteiger partial charge in [0.2, 0.25) is 11.7 Å². The molecule has 0 atom stereocenters. The summed E-state index contributed by atoms with van der Waals surface area (Å²) in [5.74, 6) is 0.232. The lowest BCUT2D eigenvalue weighted by Gasteiger charge is -2.16. The van der Waals surface area contributed by atoms with Crippen molar-refractivity contribution in [2.45, 2.75) is 6.18 Å². The Labute approximate surface area is 130 Å². The first kappa shape index (κ1) is 16.7. The summed E-state index contributed by atoms with van der Waals surface area (Å²) in [6.07, 6.45) is -3.68. The quantitative estimate of drug-likeness (QED) is 0.929. The molecule has 0 radical (unpaired) electrons. The molecule has 0 amide bonds. The summed E-state index contributed by atoms with van der Waals surface area (Å²) in [7, 11) is 4.13. The van der Waals surface area contributed by atoms with Gasteiger partial charge in [-0.25, -0.2) is 9.97 Å². The maximum Gasteiger partial charge on any atom is 0.434 e. The van der Waals surface area contributed by atoms with Gasteiger partial charge in [0.1, 0.15) is 0 Å². The minimum Gasteiger partial charge on any atom is -0.493 e. The molecule has 1 aromatic heterocycles. The first-order valence-electron chi connectivity index (χ1n) is 6.32. The van der Waals surface area contributed by atoms with Crippen LogP contribution in [0.5, 0.6) is 17.2 Å². The van der Waals surface area contributed by atoms with Gasteiger partial charge in [0.25, 0.3) is 0 Å². The second kappa shape index (κ2) is 6.19. The molecule has 2 N–H and O–H groups in total. The standard InChI is InChI=1S/C14H14F3N3O3/c1-21-9-4-7(5-10(22-2)11(9)23-3)8-6-19-13(18)20-12(8)14(15,16)17/h4-6H,1-3H3,(H2,18,19,20). The highest BCUT2D eigenvalue weighted by Gasteiger charge is 2.36. The van der Waals surface area contributed by atoms with E-state index in [1.165, 1.54) is 33.5 Å². The van der Waals surface area contributed by atoms with Gasteiger partial charge in [-0.15, -0.1) is 0 Å². The molecule has 2 aromatic rings. The SMILES string of the molecule is COc1cc(-c2cnc(N)nc2C(F)(F)F)cc(OC)c1OC. The van der Waals surface area contributed by atoms with Crippen LogP contribution in [0.25, 0.3) is 11.1 Å². The molecule has 1 aromatic carbocycles. The first-order valence-corrected chi connectivity index (χ1v) is 6.32. The number of ether oxygens (including phenoxy) is 3. The highest BCUT2D eigenvalue weighted by atomic mass is 19.4. The Balaban J connectivity index is 2.72. The molecule has 6 nitrogen and oxygen atoms in total. The van der Waals surface area contributed by atoms with Crippen molar-refractivity contribution in [1.29, 1.82) is 0 Å². The minimum atomic E-state index is -4.69. The fraction of sp³-hybridized carbons (Fsp3) is 0.286. The highest BCUT2D eigenvalue weighted by molar-refractivity contribution is 5.72. The van der Waals surface area contributed by atoms with Crippen LogP contribution in [0.1, 0.15) is 5.69 Å². The maximum atomic E-state index is 13.2. The predicted molar refractivity (Wildman–Crippen MR) is 76.5 cm³/mol. The van der Waals surface area contributed by atoms with Crippen molar-refractivity contribution in [1.82, 2.24) is 9.97 Å². The molecule has 0 aliphatic heterocycles. The number of alkyl halides is 3. The zero-order valence-electron chi connectivity index (χ0n) is 12.6. The smallest absolute Gasteiger partial charge is 0.434 e. The number of hydrogen-bond acceptors (Lipinski definition) is 6. The van der Waals surface area contributed by atoms with E-state index >= 15 is 0 Å². The molecule has 1 heterocycles. The minimum absolute atomic E-state index is 0.159. The second-order valence-corrected chi connectivity index (χ2v) is 4.40. The van der Waals surface area contributed by atoms with Crippen LogP contribution < -0.4 is 19.9 Å². The molecular formula is C14H14F3N3O3.